The van der Waals surface area contributed by atoms with E-state index in [0.717, 1.165) is 25.2 Å². The van der Waals surface area contributed by atoms with Crippen molar-refractivity contribution in [1.29, 1.82) is 0 Å². The van der Waals surface area contributed by atoms with Gasteiger partial charge in [-0.1, -0.05) is 58.3 Å². The molecule has 0 spiro atoms. The zero-order valence-electron chi connectivity index (χ0n) is 13.3. The summed E-state index contributed by atoms with van der Waals surface area (Å²) in [4.78, 5) is 0. The Kier molecular flexibility index (Phi) is 10.5. The molecule has 1 atom stereocenters. The molecule has 1 rings (SSSR count). The maximum Gasteiger partial charge on any atom is 0.0469 e. The second-order valence-electron chi connectivity index (χ2n) is 6.11. The van der Waals surface area contributed by atoms with Crippen LogP contribution in [0.1, 0.15) is 77.6 Å². The van der Waals surface area contributed by atoms with E-state index in [1.807, 2.05) is 0 Å². The Morgan fingerprint density at radius 2 is 1.53 bits per heavy atom. The molecule has 0 aromatic rings. The Morgan fingerprint density at radius 3 is 2.11 bits per heavy atom. The normalized spacial score (nSPS) is 18.6. The van der Waals surface area contributed by atoms with Crippen molar-refractivity contribution in [3.05, 3.63) is 0 Å². The van der Waals surface area contributed by atoms with Gasteiger partial charge >= 0.3 is 0 Å². The SMILES string of the molecule is CCCCCCCCCCC(NC)C1CCOCC1. The Labute approximate surface area is 120 Å². The van der Waals surface area contributed by atoms with Crippen LogP contribution in [0.4, 0.5) is 0 Å². The molecule has 2 heteroatoms. The number of hydrogen-bond donors (Lipinski definition) is 1. The monoisotopic (exact) mass is 269 g/mol. The highest BCUT2D eigenvalue weighted by atomic mass is 16.5. The lowest BCUT2D eigenvalue weighted by molar-refractivity contribution is 0.0533. The summed E-state index contributed by atoms with van der Waals surface area (Å²) >= 11 is 0. The van der Waals surface area contributed by atoms with Crippen molar-refractivity contribution >= 4 is 0 Å². The van der Waals surface area contributed by atoms with Crippen LogP contribution in [0.3, 0.4) is 0 Å². The number of nitrogens with one attached hydrogen (secondary N) is 1. The molecule has 0 aliphatic carbocycles. The van der Waals surface area contributed by atoms with Crippen LogP contribution in [0.2, 0.25) is 0 Å². The maximum absolute atomic E-state index is 5.46. The molecule has 0 radical (unpaired) electrons. The van der Waals surface area contributed by atoms with Crippen molar-refractivity contribution in [3.63, 3.8) is 0 Å². The first-order valence-corrected chi connectivity index (χ1v) is 8.63. The highest BCUT2D eigenvalue weighted by molar-refractivity contribution is 4.77. The van der Waals surface area contributed by atoms with Gasteiger partial charge in [-0.15, -0.1) is 0 Å². The second kappa shape index (κ2) is 11.7. The fraction of sp³-hybridized carbons (Fsp3) is 1.00. The number of unbranched alkanes of at least 4 members (excludes halogenated alkanes) is 7. The fourth-order valence-electron chi connectivity index (χ4n) is 3.23. The van der Waals surface area contributed by atoms with Crippen molar-refractivity contribution in [2.24, 2.45) is 5.92 Å². The van der Waals surface area contributed by atoms with E-state index in [0.29, 0.717) is 0 Å². The summed E-state index contributed by atoms with van der Waals surface area (Å²) in [5, 5.41) is 3.54. The van der Waals surface area contributed by atoms with E-state index in [-0.39, 0.29) is 0 Å². The van der Waals surface area contributed by atoms with Crippen molar-refractivity contribution in [2.45, 2.75) is 83.6 Å². The van der Waals surface area contributed by atoms with Crippen molar-refractivity contribution in [2.75, 3.05) is 20.3 Å². The molecule has 1 heterocycles. The quantitative estimate of drug-likeness (QED) is 0.556. The minimum atomic E-state index is 0.726. The average molecular weight is 269 g/mol. The average Bonchev–Trinajstić information content (AvgIpc) is 2.47. The first-order valence-electron chi connectivity index (χ1n) is 8.63. The van der Waals surface area contributed by atoms with Crippen LogP contribution < -0.4 is 5.32 Å². The largest absolute Gasteiger partial charge is 0.381 e. The van der Waals surface area contributed by atoms with Gasteiger partial charge in [0, 0.05) is 19.3 Å². The van der Waals surface area contributed by atoms with Crippen LogP contribution in [-0.2, 0) is 4.74 Å². The van der Waals surface area contributed by atoms with E-state index in [9.17, 15) is 0 Å². The van der Waals surface area contributed by atoms with E-state index in [1.165, 1.54) is 70.6 Å². The minimum Gasteiger partial charge on any atom is -0.381 e. The van der Waals surface area contributed by atoms with E-state index in [4.69, 9.17) is 4.74 Å². The molecule has 1 fully saturated rings. The summed E-state index contributed by atoms with van der Waals surface area (Å²) in [6.07, 6.45) is 15.2. The first-order chi connectivity index (χ1) is 9.38. The van der Waals surface area contributed by atoms with Gasteiger partial charge in [0.25, 0.3) is 0 Å². The van der Waals surface area contributed by atoms with Gasteiger partial charge in [0.2, 0.25) is 0 Å². The van der Waals surface area contributed by atoms with Crippen molar-refractivity contribution in [1.82, 2.24) is 5.32 Å². The Hall–Kier alpha value is -0.0800. The van der Waals surface area contributed by atoms with Crippen LogP contribution in [0.25, 0.3) is 0 Å². The summed E-state index contributed by atoms with van der Waals surface area (Å²) in [5.74, 6) is 0.850. The number of rotatable bonds is 11. The Bertz CT molecular complexity index is 190. The zero-order chi connectivity index (χ0) is 13.8. The summed E-state index contributed by atoms with van der Waals surface area (Å²) in [6.45, 7) is 4.23. The second-order valence-corrected chi connectivity index (χ2v) is 6.11. The van der Waals surface area contributed by atoms with Gasteiger partial charge < -0.3 is 10.1 Å². The molecule has 0 bridgehead atoms. The predicted octanol–water partition coefficient (Wildman–Crippen LogP) is 4.53. The molecular formula is C17H35NO. The van der Waals surface area contributed by atoms with E-state index < -0.39 is 0 Å². The van der Waals surface area contributed by atoms with Gasteiger partial charge in [0.05, 0.1) is 0 Å². The lowest BCUT2D eigenvalue weighted by Crippen LogP contribution is -2.36. The molecule has 2 nitrogen and oxygen atoms in total. The highest BCUT2D eigenvalue weighted by Crippen LogP contribution is 2.22. The molecule has 1 unspecified atom stereocenters. The molecule has 0 aromatic carbocycles. The molecule has 0 amide bonds. The Morgan fingerprint density at radius 1 is 0.947 bits per heavy atom. The fourth-order valence-corrected chi connectivity index (χ4v) is 3.23. The standard InChI is InChI=1S/C17H35NO/c1-3-4-5-6-7-8-9-10-11-17(18-2)16-12-14-19-15-13-16/h16-18H,3-15H2,1-2H3. The van der Waals surface area contributed by atoms with Gasteiger partial charge in [-0.3, -0.25) is 0 Å². The van der Waals surface area contributed by atoms with Gasteiger partial charge in [-0.25, -0.2) is 0 Å². The molecule has 1 N–H and O–H groups in total. The lowest BCUT2D eigenvalue weighted by Gasteiger charge is -2.30. The molecule has 1 aliphatic heterocycles. The van der Waals surface area contributed by atoms with E-state index >= 15 is 0 Å². The van der Waals surface area contributed by atoms with Crippen LogP contribution in [0, 0.1) is 5.92 Å². The van der Waals surface area contributed by atoms with Gasteiger partial charge in [-0.05, 0) is 32.2 Å². The molecule has 1 aliphatic rings. The van der Waals surface area contributed by atoms with Crippen LogP contribution in [0.15, 0.2) is 0 Å². The molecular weight excluding hydrogens is 234 g/mol. The number of ether oxygens (including phenoxy) is 1. The Balaban J connectivity index is 1.96. The van der Waals surface area contributed by atoms with Crippen LogP contribution >= 0.6 is 0 Å². The number of hydrogen-bond acceptors (Lipinski definition) is 2. The third kappa shape index (κ3) is 7.94. The van der Waals surface area contributed by atoms with Gasteiger partial charge in [-0.2, -0.15) is 0 Å². The molecule has 0 saturated carbocycles. The van der Waals surface area contributed by atoms with Gasteiger partial charge in [0.15, 0.2) is 0 Å². The molecule has 1 saturated heterocycles. The van der Waals surface area contributed by atoms with Crippen molar-refractivity contribution in [3.8, 4) is 0 Å². The zero-order valence-corrected chi connectivity index (χ0v) is 13.3. The third-order valence-electron chi connectivity index (χ3n) is 4.57. The predicted molar refractivity (Wildman–Crippen MR) is 83.6 cm³/mol. The van der Waals surface area contributed by atoms with Crippen LogP contribution in [-0.4, -0.2) is 26.3 Å². The topological polar surface area (TPSA) is 21.3 Å². The maximum atomic E-state index is 5.46. The highest BCUT2D eigenvalue weighted by Gasteiger charge is 2.21. The molecule has 0 aromatic heterocycles. The van der Waals surface area contributed by atoms with Crippen molar-refractivity contribution < 1.29 is 4.74 Å². The molecule has 19 heavy (non-hydrogen) atoms. The lowest BCUT2D eigenvalue weighted by atomic mass is 9.88. The van der Waals surface area contributed by atoms with Gasteiger partial charge in [0.1, 0.15) is 0 Å². The summed E-state index contributed by atoms with van der Waals surface area (Å²) in [7, 11) is 2.13. The third-order valence-corrected chi connectivity index (χ3v) is 4.57. The smallest absolute Gasteiger partial charge is 0.0469 e. The van der Waals surface area contributed by atoms with E-state index in [2.05, 4.69) is 19.3 Å². The molecule has 114 valence electrons. The summed E-state index contributed by atoms with van der Waals surface area (Å²) in [6, 6.07) is 0.726. The van der Waals surface area contributed by atoms with Crippen LogP contribution in [0.5, 0.6) is 0 Å². The summed E-state index contributed by atoms with van der Waals surface area (Å²) < 4.78 is 5.46. The first kappa shape index (κ1) is 17.0. The van der Waals surface area contributed by atoms with E-state index in [1.54, 1.807) is 0 Å². The minimum absolute atomic E-state index is 0.726. The summed E-state index contributed by atoms with van der Waals surface area (Å²) in [5.41, 5.74) is 0.